The van der Waals surface area contributed by atoms with Gasteiger partial charge in [-0.15, -0.1) is 11.3 Å². The Balaban J connectivity index is 1.66. The Morgan fingerprint density at radius 3 is 2.95 bits per heavy atom. The molecular weight excluding hydrogens is 268 g/mol. The smallest absolute Gasteiger partial charge is 0.0700 e. The number of nitrogens with zero attached hydrogens (tertiary/aromatic N) is 1. The molecule has 1 aliphatic rings. The minimum Gasteiger partial charge on any atom is -0.377 e. The van der Waals surface area contributed by atoms with E-state index in [-0.39, 0.29) is 0 Å². The average Bonchev–Trinajstić information content (AvgIpc) is 3.10. The number of rotatable bonds is 8. The SMILES string of the molecule is CC(CNCC1CCCO1)N(C)C(C)Cc1cccs1. The van der Waals surface area contributed by atoms with Crippen LogP contribution >= 0.6 is 11.3 Å². The summed E-state index contributed by atoms with van der Waals surface area (Å²) in [7, 11) is 2.23. The van der Waals surface area contributed by atoms with E-state index in [1.165, 1.54) is 17.7 Å². The van der Waals surface area contributed by atoms with Crippen molar-refractivity contribution in [3.8, 4) is 0 Å². The quantitative estimate of drug-likeness (QED) is 0.798. The van der Waals surface area contributed by atoms with Crippen molar-refractivity contribution in [2.45, 2.75) is 51.3 Å². The highest BCUT2D eigenvalue weighted by Gasteiger charge is 2.18. The Kier molecular flexibility index (Phi) is 6.49. The lowest BCUT2D eigenvalue weighted by Crippen LogP contribution is -2.44. The maximum atomic E-state index is 5.64. The van der Waals surface area contributed by atoms with Crippen LogP contribution in [0.5, 0.6) is 0 Å². The second kappa shape index (κ2) is 8.13. The summed E-state index contributed by atoms with van der Waals surface area (Å²) in [5, 5.41) is 5.72. The third kappa shape index (κ3) is 4.85. The largest absolute Gasteiger partial charge is 0.377 e. The lowest BCUT2D eigenvalue weighted by molar-refractivity contribution is 0.106. The van der Waals surface area contributed by atoms with Crippen LogP contribution in [0.3, 0.4) is 0 Å². The topological polar surface area (TPSA) is 24.5 Å². The van der Waals surface area contributed by atoms with Crippen LogP contribution in [0.15, 0.2) is 17.5 Å². The summed E-state index contributed by atoms with van der Waals surface area (Å²) in [6, 6.07) is 5.49. The third-order valence-electron chi connectivity index (χ3n) is 4.30. The van der Waals surface area contributed by atoms with E-state index in [0.29, 0.717) is 18.2 Å². The summed E-state index contributed by atoms with van der Waals surface area (Å²) in [5.41, 5.74) is 0. The molecule has 2 rings (SSSR count). The first-order valence-corrected chi connectivity index (χ1v) is 8.61. The minimum atomic E-state index is 0.441. The van der Waals surface area contributed by atoms with Gasteiger partial charge in [0.05, 0.1) is 6.10 Å². The maximum Gasteiger partial charge on any atom is 0.0700 e. The Bertz CT molecular complexity index is 363. The normalized spacial score (nSPS) is 22.3. The minimum absolute atomic E-state index is 0.441. The molecule has 0 amide bonds. The number of thiophene rings is 1. The summed E-state index contributed by atoms with van der Waals surface area (Å²) in [6.45, 7) is 7.59. The van der Waals surface area contributed by atoms with Crippen molar-refractivity contribution in [3.05, 3.63) is 22.4 Å². The number of likely N-dealkylation sites (N-methyl/N-ethyl adjacent to an activating group) is 1. The van der Waals surface area contributed by atoms with Gasteiger partial charge in [0.2, 0.25) is 0 Å². The van der Waals surface area contributed by atoms with Crippen molar-refractivity contribution < 1.29 is 4.74 Å². The molecule has 3 nitrogen and oxygen atoms in total. The van der Waals surface area contributed by atoms with Crippen LogP contribution in [-0.4, -0.2) is 49.8 Å². The molecule has 0 aliphatic carbocycles. The zero-order chi connectivity index (χ0) is 14.4. The van der Waals surface area contributed by atoms with Gasteiger partial charge in [-0.3, -0.25) is 4.90 Å². The highest BCUT2D eigenvalue weighted by Crippen LogP contribution is 2.15. The van der Waals surface area contributed by atoms with Gasteiger partial charge in [0.1, 0.15) is 0 Å². The highest BCUT2D eigenvalue weighted by molar-refractivity contribution is 7.09. The Labute approximate surface area is 127 Å². The second-order valence-corrected chi connectivity index (χ2v) is 6.97. The van der Waals surface area contributed by atoms with Crippen molar-refractivity contribution in [1.29, 1.82) is 0 Å². The number of hydrogen-bond acceptors (Lipinski definition) is 4. The van der Waals surface area contributed by atoms with Crippen LogP contribution < -0.4 is 5.32 Å². The molecule has 0 radical (unpaired) electrons. The van der Waals surface area contributed by atoms with Gasteiger partial charge in [0, 0.05) is 36.7 Å². The zero-order valence-electron chi connectivity index (χ0n) is 13.0. The van der Waals surface area contributed by atoms with Crippen molar-refractivity contribution in [3.63, 3.8) is 0 Å². The molecule has 1 aromatic rings. The van der Waals surface area contributed by atoms with E-state index in [1.54, 1.807) is 0 Å². The molecule has 114 valence electrons. The van der Waals surface area contributed by atoms with E-state index in [9.17, 15) is 0 Å². The Morgan fingerprint density at radius 2 is 2.30 bits per heavy atom. The van der Waals surface area contributed by atoms with Crippen LogP contribution in [0.1, 0.15) is 31.6 Å². The van der Waals surface area contributed by atoms with Gasteiger partial charge in [0.15, 0.2) is 0 Å². The van der Waals surface area contributed by atoms with E-state index < -0.39 is 0 Å². The molecule has 2 heterocycles. The van der Waals surface area contributed by atoms with Crippen molar-refractivity contribution in [1.82, 2.24) is 10.2 Å². The Hall–Kier alpha value is -0.420. The standard InChI is InChI=1S/C16H28N2OS/c1-13(10-16-7-5-9-20-16)18(3)14(2)11-17-12-15-6-4-8-19-15/h5,7,9,13-15,17H,4,6,8,10-12H2,1-3H3. The molecule has 3 unspecified atom stereocenters. The fourth-order valence-electron chi connectivity index (χ4n) is 2.70. The van der Waals surface area contributed by atoms with Crippen molar-refractivity contribution in [2.24, 2.45) is 0 Å². The number of ether oxygens (including phenoxy) is 1. The molecule has 0 aromatic carbocycles. The molecule has 1 N–H and O–H groups in total. The molecule has 3 atom stereocenters. The van der Waals surface area contributed by atoms with Gasteiger partial charge in [-0.1, -0.05) is 6.07 Å². The summed E-state index contributed by atoms with van der Waals surface area (Å²) < 4.78 is 5.64. The predicted molar refractivity (Wildman–Crippen MR) is 86.6 cm³/mol. The van der Waals surface area contributed by atoms with Gasteiger partial charge in [-0.25, -0.2) is 0 Å². The lowest BCUT2D eigenvalue weighted by Gasteiger charge is -2.31. The molecule has 1 saturated heterocycles. The third-order valence-corrected chi connectivity index (χ3v) is 5.20. The summed E-state index contributed by atoms with van der Waals surface area (Å²) in [4.78, 5) is 3.95. The van der Waals surface area contributed by atoms with E-state index in [2.05, 4.69) is 48.6 Å². The van der Waals surface area contributed by atoms with Crippen LogP contribution in [0.2, 0.25) is 0 Å². The monoisotopic (exact) mass is 296 g/mol. The van der Waals surface area contributed by atoms with Gasteiger partial charge in [-0.2, -0.15) is 0 Å². The van der Waals surface area contributed by atoms with E-state index in [1.807, 2.05) is 11.3 Å². The second-order valence-electron chi connectivity index (χ2n) is 5.94. The van der Waals surface area contributed by atoms with Crippen LogP contribution in [0.25, 0.3) is 0 Å². The predicted octanol–water partition coefficient (Wildman–Crippen LogP) is 2.77. The van der Waals surface area contributed by atoms with Crippen molar-refractivity contribution in [2.75, 3.05) is 26.7 Å². The fraction of sp³-hybridized carbons (Fsp3) is 0.750. The summed E-state index contributed by atoms with van der Waals surface area (Å²) in [5.74, 6) is 0. The van der Waals surface area contributed by atoms with Gasteiger partial charge >= 0.3 is 0 Å². The molecule has 0 spiro atoms. The molecule has 1 fully saturated rings. The number of nitrogens with one attached hydrogen (secondary N) is 1. The summed E-state index contributed by atoms with van der Waals surface area (Å²) >= 11 is 1.86. The maximum absolute atomic E-state index is 5.64. The van der Waals surface area contributed by atoms with Gasteiger partial charge < -0.3 is 10.1 Å². The molecule has 0 bridgehead atoms. The van der Waals surface area contributed by atoms with E-state index >= 15 is 0 Å². The van der Waals surface area contributed by atoms with Gasteiger partial charge in [0.25, 0.3) is 0 Å². The van der Waals surface area contributed by atoms with Gasteiger partial charge in [-0.05, 0) is 51.6 Å². The van der Waals surface area contributed by atoms with Crippen LogP contribution in [0, 0.1) is 0 Å². The molecule has 4 heteroatoms. The average molecular weight is 296 g/mol. The van der Waals surface area contributed by atoms with E-state index in [4.69, 9.17) is 4.74 Å². The van der Waals surface area contributed by atoms with Crippen LogP contribution in [-0.2, 0) is 11.2 Å². The molecule has 0 saturated carbocycles. The first kappa shape index (κ1) is 16.0. The first-order valence-electron chi connectivity index (χ1n) is 7.73. The molecular formula is C16H28N2OS. The van der Waals surface area contributed by atoms with Crippen LogP contribution in [0.4, 0.5) is 0 Å². The van der Waals surface area contributed by atoms with Crippen molar-refractivity contribution >= 4 is 11.3 Å². The molecule has 20 heavy (non-hydrogen) atoms. The fourth-order valence-corrected chi connectivity index (χ4v) is 3.53. The van der Waals surface area contributed by atoms with E-state index in [0.717, 1.165) is 26.1 Å². The lowest BCUT2D eigenvalue weighted by atomic mass is 10.1. The first-order chi connectivity index (χ1) is 9.66. The Morgan fingerprint density at radius 1 is 1.45 bits per heavy atom. The molecule has 1 aromatic heterocycles. The molecule has 1 aliphatic heterocycles. The highest BCUT2D eigenvalue weighted by atomic mass is 32.1. The number of hydrogen-bond donors (Lipinski definition) is 1. The zero-order valence-corrected chi connectivity index (χ0v) is 13.8. The summed E-state index contributed by atoms with van der Waals surface area (Å²) in [6.07, 6.45) is 4.02.